The summed E-state index contributed by atoms with van der Waals surface area (Å²) < 4.78 is 4.64. The Hall–Kier alpha value is -8.97. The smallest absolute Gasteiger partial charge is 0.238 e. The van der Waals surface area contributed by atoms with Crippen molar-refractivity contribution in [2.24, 2.45) is 0 Å². The quantitative estimate of drug-likeness (QED) is 0.107. The molecule has 0 aliphatic heterocycles. The molecule has 3 heterocycles. The lowest BCUT2D eigenvalue weighted by Gasteiger charge is -2.34. The zero-order valence-corrected chi connectivity index (χ0v) is 38.6. The van der Waals surface area contributed by atoms with E-state index in [0.717, 1.165) is 60.4 Å². The second kappa shape index (κ2) is 16.7. The molecule has 13 rings (SSSR count). The Kier molecular flexibility index (Phi) is 9.77. The van der Waals surface area contributed by atoms with Crippen LogP contribution in [0.15, 0.2) is 261 Å². The van der Waals surface area contributed by atoms with Crippen LogP contribution in [0.25, 0.3) is 89.2 Å². The highest BCUT2D eigenvalue weighted by molar-refractivity contribution is 7.19. The summed E-state index contributed by atoms with van der Waals surface area (Å²) in [5.74, 6) is 1.78. The lowest BCUT2D eigenvalue weighted by atomic mass is 10.1. The molecular formula is C63H43N5Si. The fourth-order valence-electron chi connectivity index (χ4n) is 10.7. The average Bonchev–Trinajstić information content (AvgIpc) is 3.96. The molecule has 5 nitrogen and oxygen atoms in total. The van der Waals surface area contributed by atoms with E-state index in [-0.39, 0.29) is 0 Å². The second-order valence-electron chi connectivity index (χ2n) is 17.6. The van der Waals surface area contributed by atoms with Gasteiger partial charge in [-0.2, -0.15) is 9.97 Å². The molecule has 0 unspecified atom stereocenters. The molecule has 6 heteroatoms. The van der Waals surface area contributed by atoms with Gasteiger partial charge in [0, 0.05) is 38.4 Å². The summed E-state index contributed by atoms with van der Waals surface area (Å²) in [7, 11) is -2.90. The molecule has 10 aromatic carbocycles. The van der Waals surface area contributed by atoms with Crippen molar-refractivity contribution >= 4 is 72.4 Å². The summed E-state index contributed by atoms with van der Waals surface area (Å²) in [6.45, 7) is 0. The Balaban J connectivity index is 1.05. The number of hydrogen-bond donors (Lipinski definition) is 0. The van der Waals surface area contributed by atoms with Crippen LogP contribution in [0.4, 0.5) is 0 Å². The number of fused-ring (bicyclic) bond motifs is 7. The second-order valence-corrected chi connectivity index (χ2v) is 21.4. The van der Waals surface area contributed by atoms with Gasteiger partial charge >= 0.3 is 0 Å². The fourth-order valence-corrected chi connectivity index (χ4v) is 15.5. The van der Waals surface area contributed by atoms with Gasteiger partial charge in [0.15, 0.2) is 19.7 Å². The first kappa shape index (κ1) is 40.3. The molecule has 69 heavy (non-hydrogen) atoms. The lowest BCUT2D eigenvalue weighted by molar-refractivity contribution is 0.955. The normalized spacial score (nSPS) is 11.8. The number of benzene rings is 10. The van der Waals surface area contributed by atoms with Crippen LogP contribution in [0.3, 0.4) is 0 Å². The van der Waals surface area contributed by atoms with Crippen LogP contribution < -0.4 is 20.7 Å². The van der Waals surface area contributed by atoms with E-state index < -0.39 is 8.07 Å². The molecule has 0 saturated heterocycles. The van der Waals surface area contributed by atoms with Crippen LogP contribution in [0, 0.1) is 0 Å². The Bertz CT molecular complexity index is 3940. The number of nitrogens with zero attached hydrogens (tertiary/aromatic N) is 5. The van der Waals surface area contributed by atoms with Crippen LogP contribution in [-0.4, -0.2) is 32.2 Å². The van der Waals surface area contributed by atoms with E-state index in [4.69, 9.17) is 15.0 Å². The summed E-state index contributed by atoms with van der Waals surface area (Å²) in [5, 5.41) is 9.80. The van der Waals surface area contributed by atoms with Gasteiger partial charge < -0.3 is 4.57 Å². The van der Waals surface area contributed by atoms with Gasteiger partial charge in [-0.1, -0.05) is 231 Å². The molecule has 0 radical (unpaired) electrons. The Morgan fingerprint density at radius 1 is 0.290 bits per heavy atom. The SMILES string of the molecule is c1ccc(-c2cccc([Si](c3ccccc3)(c3ccccc3)c3ccc(-c4nc(-c5ccccc5)nc(-n5c6ccccc6c6ccc7c(c8ccccc8n7-c7ccccc7)c65)n4)cc3)c2)cc1. The van der Waals surface area contributed by atoms with Gasteiger partial charge in [-0.3, -0.25) is 4.57 Å². The Labute approximate surface area is 400 Å². The molecule has 13 aromatic rings. The number of rotatable bonds is 9. The summed E-state index contributed by atoms with van der Waals surface area (Å²) in [4.78, 5) is 16.1. The summed E-state index contributed by atoms with van der Waals surface area (Å²) in [6, 6.07) is 93.9. The maximum Gasteiger partial charge on any atom is 0.238 e. The van der Waals surface area contributed by atoms with Gasteiger partial charge in [0.2, 0.25) is 5.95 Å². The number of para-hydroxylation sites is 3. The molecule has 0 atom stereocenters. The third-order valence-electron chi connectivity index (χ3n) is 13.7. The van der Waals surface area contributed by atoms with Crippen molar-refractivity contribution in [2.45, 2.75) is 0 Å². The van der Waals surface area contributed by atoms with Gasteiger partial charge in [-0.15, -0.1) is 0 Å². The van der Waals surface area contributed by atoms with Crippen molar-refractivity contribution in [1.82, 2.24) is 24.1 Å². The highest BCUT2D eigenvalue weighted by Crippen LogP contribution is 2.42. The third-order valence-corrected chi connectivity index (χ3v) is 18.5. The fraction of sp³-hybridized carbons (Fsp3) is 0. The van der Waals surface area contributed by atoms with Gasteiger partial charge in [0.25, 0.3) is 0 Å². The zero-order valence-electron chi connectivity index (χ0n) is 37.6. The highest BCUT2D eigenvalue weighted by Gasteiger charge is 2.41. The maximum absolute atomic E-state index is 5.48. The van der Waals surface area contributed by atoms with Crippen LogP contribution in [-0.2, 0) is 0 Å². The van der Waals surface area contributed by atoms with Crippen molar-refractivity contribution in [3.05, 3.63) is 261 Å². The molecule has 0 aliphatic rings. The van der Waals surface area contributed by atoms with E-state index in [0.29, 0.717) is 17.6 Å². The predicted molar refractivity (Wildman–Crippen MR) is 288 cm³/mol. The first-order valence-corrected chi connectivity index (χ1v) is 25.4. The van der Waals surface area contributed by atoms with Gasteiger partial charge in [-0.25, -0.2) is 4.98 Å². The Morgan fingerprint density at radius 2 is 0.768 bits per heavy atom. The van der Waals surface area contributed by atoms with E-state index in [2.05, 4.69) is 252 Å². The van der Waals surface area contributed by atoms with E-state index in [1.807, 2.05) is 18.2 Å². The standard InChI is InChI=1S/C63H43N5Si/c1-6-21-44(22-7-1)47-25-20-32-52(43-47)69(49-28-12-4-13-29-49,50-30-14-5-15-31-50)51-39-37-46(38-40-51)62-64-61(45-23-8-2-9-24-45)65-63(66-62)68-56-35-18-16-33-53(56)54-41-42-58-59(60(54)68)55-34-17-19-36-57(55)67(58)48-26-10-3-11-27-48/h1-43H. The highest BCUT2D eigenvalue weighted by atomic mass is 28.3. The summed E-state index contributed by atoms with van der Waals surface area (Å²) in [5.41, 5.74) is 9.69. The molecule has 0 saturated carbocycles. The van der Waals surface area contributed by atoms with E-state index >= 15 is 0 Å². The molecule has 0 N–H and O–H groups in total. The minimum Gasteiger partial charge on any atom is -0.309 e. The predicted octanol–water partition coefficient (Wildman–Crippen LogP) is 12.4. The summed E-state index contributed by atoms with van der Waals surface area (Å²) in [6.07, 6.45) is 0. The van der Waals surface area contributed by atoms with Gasteiger partial charge in [0.1, 0.15) is 0 Å². The molecule has 0 bridgehead atoms. The Morgan fingerprint density at radius 3 is 1.41 bits per heavy atom. The van der Waals surface area contributed by atoms with Crippen LogP contribution in [0.1, 0.15) is 0 Å². The van der Waals surface area contributed by atoms with Crippen molar-refractivity contribution in [3.63, 3.8) is 0 Å². The van der Waals surface area contributed by atoms with Crippen molar-refractivity contribution in [1.29, 1.82) is 0 Å². The largest absolute Gasteiger partial charge is 0.309 e. The molecule has 0 aliphatic carbocycles. The maximum atomic E-state index is 5.48. The van der Waals surface area contributed by atoms with Gasteiger partial charge in [0.05, 0.1) is 22.1 Å². The van der Waals surface area contributed by atoms with Crippen molar-refractivity contribution in [2.75, 3.05) is 0 Å². The molecular weight excluding hydrogens is 855 g/mol. The van der Waals surface area contributed by atoms with Crippen LogP contribution in [0.5, 0.6) is 0 Å². The first-order chi connectivity index (χ1) is 34.2. The molecule has 324 valence electrons. The van der Waals surface area contributed by atoms with Gasteiger partial charge in [-0.05, 0) is 62.2 Å². The van der Waals surface area contributed by atoms with E-state index in [9.17, 15) is 0 Å². The van der Waals surface area contributed by atoms with Crippen molar-refractivity contribution < 1.29 is 0 Å². The molecule has 0 fully saturated rings. The number of aromatic nitrogens is 5. The third kappa shape index (κ3) is 6.64. The minimum atomic E-state index is -2.90. The zero-order chi connectivity index (χ0) is 45.7. The number of hydrogen-bond acceptors (Lipinski definition) is 3. The first-order valence-electron chi connectivity index (χ1n) is 23.4. The van der Waals surface area contributed by atoms with Crippen LogP contribution >= 0.6 is 0 Å². The van der Waals surface area contributed by atoms with E-state index in [1.165, 1.54) is 31.9 Å². The summed E-state index contributed by atoms with van der Waals surface area (Å²) >= 11 is 0. The average molecular weight is 898 g/mol. The lowest BCUT2D eigenvalue weighted by Crippen LogP contribution is -2.74. The van der Waals surface area contributed by atoms with Crippen LogP contribution in [0.2, 0.25) is 0 Å². The molecule has 0 spiro atoms. The monoisotopic (exact) mass is 897 g/mol. The van der Waals surface area contributed by atoms with Crippen molar-refractivity contribution in [3.8, 4) is 45.5 Å². The molecule has 0 amide bonds. The minimum absolute atomic E-state index is 0.563. The molecule has 3 aromatic heterocycles. The topological polar surface area (TPSA) is 48.5 Å². The van der Waals surface area contributed by atoms with E-state index in [1.54, 1.807) is 0 Å².